The highest BCUT2D eigenvalue weighted by Gasteiger charge is 2.57. The lowest BCUT2D eigenvalue weighted by molar-refractivity contribution is -0.192. The average Bonchev–Trinajstić information content (AvgIpc) is 2.60. The Kier molecular flexibility index (Phi) is 5.35. The van der Waals surface area contributed by atoms with Gasteiger partial charge in [0.2, 0.25) is 0 Å². The average molecular weight is 346 g/mol. The maximum atomic E-state index is 11.6. The van der Waals surface area contributed by atoms with Crippen LogP contribution in [-0.4, -0.2) is 50.3 Å². The first kappa shape index (κ1) is 18.2. The number of rotatable bonds is 6. The van der Waals surface area contributed by atoms with Gasteiger partial charge in [0.05, 0.1) is 6.10 Å². The Morgan fingerprint density at radius 1 is 1.40 bits per heavy atom. The molecule has 138 valence electrons. The number of fused-ring (bicyclic) bond motifs is 1. The molecule has 1 aliphatic carbocycles. The molecular weight excluding hydrogens is 316 g/mol. The quantitative estimate of drug-likeness (QED) is 0.860. The van der Waals surface area contributed by atoms with E-state index in [1.165, 1.54) is 23.3 Å². The van der Waals surface area contributed by atoms with Crippen LogP contribution in [0.1, 0.15) is 32.3 Å². The summed E-state index contributed by atoms with van der Waals surface area (Å²) in [4.78, 5) is 13.2. The molecule has 0 radical (unpaired) electrons. The second-order valence-electron chi connectivity index (χ2n) is 8.00. The Bertz CT molecular complexity index is 615. The van der Waals surface area contributed by atoms with Gasteiger partial charge in [-0.05, 0) is 30.5 Å². The summed E-state index contributed by atoms with van der Waals surface area (Å²) in [7, 11) is 3.46. The summed E-state index contributed by atoms with van der Waals surface area (Å²) in [5.41, 5.74) is 1.35. The molecule has 0 unspecified atom stereocenters. The highest BCUT2D eigenvalue weighted by atomic mass is 16.5. The minimum atomic E-state index is -0.0388. The Hall–Kier alpha value is -1.59. The third kappa shape index (κ3) is 3.82. The van der Waals surface area contributed by atoms with Crippen LogP contribution in [0.5, 0.6) is 5.75 Å². The van der Waals surface area contributed by atoms with Gasteiger partial charge in [0.25, 0.3) is 5.91 Å². The van der Waals surface area contributed by atoms with Crippen molar-refractivity contribution in [3.05, 3.63) is 29.8 Å². The monoisotopic (exact) mass is 346 g/mol. The van der Waals surface area contributed by atoms with Gasteiger partial charge in [-0.3, -0.25) is 4.79 Å². The number of likely N-dealkylation sites (N-methyl/N-ethyl adjacent to an activating group) is 1. The molecule has 1 aliphatic heterocycles. The Morgan fingerprint density at radius 3 is 2.96 bits per heavy atom. The second-order valence-corrected chi connectivity index (χ2v) is 8.00. The third-order valence-electron chi connectivity index (χ3n) is 5.62. The SMILES string of the molecule is CN(C)C(=O)COc1cccc(CN[C@@H]2[C@@H]3CCCO[C@@H]3C2(C)C)c1. The summed E-state index contributed by atoms with van der Waals surface area (Å²) >= 11 is 0. The first-order chi connectivity index (χ1) is 11.9. The zero-order valence-corrected chi connectivity index (χ0v) is 15.7. The largest absolute Gasteiger partial charge is 0.484 e. The highest BCUT2D eigenvalue weighted by Crippen LogP contribution is 2.51. The molecule has 1 amide bonds. The van der Waals surface area contributed by atoms with Crippen LogP contribution in [0, 0.1) is 11.3 Å². The van der Waals surface area contributed by atoms with Crippen LogP contribution in [0.2, 0.25) is 0 Å². The van der Waals surface area contributed by atoms with Crippen LogP contribution in [0.3, 0.4) is 0 Å². The minimum absolute atomic E-state index is 0.0388. The molecule has 1 heterocycles. The lowest BCUT2D eigenvalue weighted by atomic mass is 9.55. The van der Waals surface area contributed by atoms with Crippen LogP contribution in [0.15, 0.2) is 24.3 Å². The topological polar surface area (TPSA) is 50.8 Å². The van der Waals surface area contributed by atoms with E-state index in [2.05, 4.69) is 25.2 Å². The molecule has 1 saturated heterocycles. The zero-order chi connectivity index (χ0) is 18.0. The van der Waals surface area contributed by atoms with Gasteiger partial charge in [0.1, 0.15) is 5.75 Å². The fourth-order valence-electron chi connectivity index (χ4n) is 4.18. The van der Waals surface area contributed by atoms with Gasteiger partial charge < -0.3 is 19.7 Å². The van der Waals surface area contributed by atoms with Crippen molar-refractivity contribution in [1.82, 2.24) is 10.2 Å². The Balaban J connectivity index is 1.55. The predicted octanol–water partition coefficient (Wildman–Crippen LogP) is 2.45. The van der Waals surface area contributed by atoms with Crippen molar-refractivity contribution in [3.63, 3.8) is 0 Å². The number of benzene rings is 1. The smallest absolute Gasteiger partial charge is 0.259 e. The number of hydrogen-bond donors (Lipinski definition) is 1. The van der Waals surface area contributed by atoms with Crippen LogP contribution in [0.4, 0.5) is 0 Å². The highest BCUT2D eigenvalue weighted by molar-refractivity contribution is 5.77. The molecule has 1 aromatic carbocycles. The van der Waals surface area contributed by atoms with Gasteiger partial charge >= 0.3 is 0 Å². The molecule has 3 atom stereocenters. The number of nitrogens with zero attached hydrogens (tertiary/aromatic N) is 1. The molecule has 1 aromatic rings. The number of nitrogens with one attached hydrogen (secondary N) is 1. The van der Waals surface area contributed by atoms with Crippen molar-refractivity contribution < 1.29 is 14.3 Å². The molecule has 5 heteroatoms. The van der Waals surface area contributed by atoms with Crippen molar-refractivity contribution in [2.75, 3.05) is 27.3 Å². The van der Waals surface area contributed by atoms with E-state index >= 15 is 0 Å². The maximum Gasteiger partial charge on any atom is 0.259 e. The molecule has 1 N–H and O–H groups in total. The normalized spacial score (nSPS) is 27.1. The standard InChI is InChI=1S/C20H30N2O3/c1-20(2)18(16-9-6-10-24-19(16)20)21-12-14-7-5-8-15(11-14)25-13-17(23)22(3)4/h5,7-8,11,16,18-19,21H,6,9-10,12-13H2,1-4H3/t16-,18+,19-/m0/s1. The summed E-state index contributed by atoms with van der Waals surface area (Å²) in [5, 5.41) is 3.72. The minimum Gasteiger partial charge on any atom is -0.484 e. The molecule has 1 saturated carbocycles. The maximum absolute atomic E-state index is 11.6. The van der Waals surface area contributed by atoms with Crippen molar-refractivity contribution in [2.24, 2.45) is 11.3 Å². The molecule has 0 spiro atoms. The van der Waals surface area contributed by atoms with Crippen molar-refractivity contribution >= 4 is 5.91 Å². The molecule has 25 heavy (non-hydrogen) atoms. The lowest BCUT2D eigenvalue weighted by Crippen LogP contribution is -2.69. The van der Waals surface area contributed by atoms with Gasteiger partial charge in [0.15, 0.2) is 6.61 Å². The second kappa shape index (κ2) is 7.34. The molecule has 3 rings (SSSR count). The summed E-state index contributed by atoms with van der Waals surface area (Å²) in [6.45, 7) is 6.37. The Labute approximate surface area is 150 Å². The van der Waals surface area contributed by atoms with E-state index in [1.807, 2.05) is 18.2 Å². The zero-order valence-electron chi connectivity index (χ0n) is 15.7. The number of amides is 1. The molecule has 2 fully saturated rings. The van der Waals surface area contributed by atoms with Crippen LogP contribution >= 0.6 is 0 Å². The van der Waals surface area contributed by atoms with E-state index in [9.17, 15) is 4.79 Å². The van der Waals surface area contributed by atoms with E-state index in [0.717, 1.165) is 18.9 Å². The third-order valence-corrected chi connectivity index (χ3v) is 5.62. The van der Waals surface area contributed by atoms with Crippen LogP contribution in [-0.2, 0) is 16.1 Å². The summed E-state index contributed by atoms with van der Waals surface area (Å²) in [6, 6.07) is 8.46. The molecular formula is C20H30N2O3. The lowest BCUT2D eigenvalue weighted by Gasteiger charge is -2.60. The Morgan fingerprint density at radius 2 is 2.20 bits per heavy atom. The van der Waals surface area contributed by atoms with Gasteiger partial charge in [-0.15, -0.1) is 0 Å². The van der Waals surface area contributed by atoms with Crippen molar-refractivity contribution in [1.29, 1.82) is 0 Å². The van der Waals surface area contributed by atoms with Gasteiger partial charge in [-0.2, -0.15) is 0 Å². The number of carbonyl (C=O) groups is 1. The van der Waals surface area contributed by atoms with E-state index in [0.29, 0.717) is 18.1 Å². The number of ether oxygens (including phenoxy) is 2. The molecule has 0 aromatic heterocycles. The van der Waals surface area contributed by atoms with E-state index < -0.39 is 0 Å². The van der Waals surface area contributed by atoms with Gasteiger partial charge in [0, 0.05) is 44.6 Å². The number of hydrogen-bond acceptors (Lipinski definition) is 4. The first-order valence-corrected chi connectivity index (χ1v) is 9.16. The van der Waals surface area contributed by atoms with E-state index in [1.54, 1.807) is 14.1 Å². The van der Waals surface area contributed by atoms with Gasteiger partial charge in [-0.25, -0.2) is 0 Å². The molecule has 5 nitrogen and oxygen atoms in total. The van der Waals surface area contributed by atoms with Gasteiger partial charge in [-0.1, -0.05) is 26.0 Å². The molecule has 2 aliphatic rings. The summed E-state index contributed by atoms with van der Waals surface area (Å²) < 4.78 is 11.6. The van der Waals surface area contributed by atoms with Crippen molar-refractivity contribution in [2.45, 2.75) is 45.4 Å². The van der Waals surface area contributed by atoms with E-state index in [-0.39, 0.29) is 17.9 Å². The van der Waals surface area contributed by atoms with Crippen LogP contribution < -0.4 is 10.1 Å². The number of carbonyl (C=O) groups excluding carboxylic acids is 1. The fraction of sp³-hybridized carbons (Fsp3) is 0.650. The molecule has 0 bridgehead atoms. The van der Waals surface area contributed by atoms with Crippen molar-refractivity contribution in [3.8, 4) is 5.75 Å². The van der Waals surface area contributed by atoms with Crippen LogP contribution in [0.25, 0.3) is 0 Å². The predicted molar refractivity (Wildman–Crippen MR) is 97.5 cm³/mol. The summed E-state index contributed by atoms with van der Waals surface area (Å²) in [6.07, 6.45) is 2.81. The fourth-order valence-corrected chi connectivity index (χ4v) is 4.18. The van der Waals surface area contributed by atoms with E-state index in [4.69, 9.17) is 9.47 Å². The summed E-state index contributed by atoms with van der Waals surface area (Å²) in [5.74, 6) is 1.32. The first-order valence-electron chi connectivity index (χ1n) is 9.16.